The second-order valence-electron chi connectivity index (χ2n) is 7.39. The molecule has 1 saturated carbocycles. The minimum atomic E-state index is -2.34. The lowest BCUT2D eigenvalue weighted by atomic mass is 10.3. The number of hydrogen-bond acceptors (Lipinski definition) is 4. The Morgan fingerprint density at radius 3 is 2.76 bits per heavy atom. The molecule has 0 saturated heterocycles. The molecule has 0 aromatic carbocycles. The van der Waals surface area contributed by atoms with Crippen molar-refractivity contribution in [3.63, 3.8) is 0 Å². The summed E-state index contributed by atoms with van der Waals surface area (Å²) < 4.78 is 30.7. The maximum atomic E-state index is 13.2. The Kier molecular flexibility index (Phi) is 4.37. The topological polar surface area (TPSA) is 70.5 Å². The van der Waals surface area contributed by atoms with Gasteiger partial charge in [-0.1, -0.05) is 0 Å². The summed E-state index contributed by atoms with van der Waals surface area (Å²) in [5.41, 5.74) is 2.87. The van der Waals surface area contributed by atoms with Crippen molar-refractivity contribution in [3.8, 4) is 0 Å². The predicted octanol–water partition coefficient (Wildman–Crippen LogP) is 3.37. The number of alkyl halides is 2. The van der Waals surface area contributed by atoms with Gasteiger partial charge in [0.25, 0.3) is 0 Å². The molecule has 0 atom stereocenters. The van der Waals surface area contributed by atoms with Gasteiger partial charge in [0.15, 0.2) is 5.65 Å². The molecule has 0 N–H and O–H groups in total. The molecule has 0 bridgehead atoms. The molecule has 4 aromatic heterocycles. The number of rotatable bonds is 7. The summed E-state index contributed by atoms with van der Waals surface area (Å²) >= 11 is 0. The molecular formula is C20H20F2N6O. The Bertz CT molecular complexity index is 1240. The van der Waals surface area contributed by atoms with Gasteiger partial charge < -0.3 is 4.57 Å². The molecule has 1 fully saturated rings. The number of halogens is 2. The van der Waals surface area contributed by atoms with Gasteiger partial charge in [0.2, 0.25) is 6.43 Å². The van der Waals surface area contributed by atoms with E-state index in [0.29, 0.717) is 24.4 Å². The zero-order chi connectivity index (χ0) is 20.0. The van der Waals surface area contributed by atoms with Crippen LogP contribution in [0.1, 0.15) is 37.5 Å². The third kappa shape index (κ3) is 3.20. The van der Waals surface area contributed by atoms with E-state index in [9.17, 15) is 13.6 Å². The lowest BCUT2D eigenvalue weighted by molar-refractivity contribution is 0.133. The van der Waals surface area contributed by atoms with E-state index in [2.05, 4.69) is 15.0 Å². The van der Waals surface area contributed by atoms with Gasteiger partial charge in [0, 0.05) is 31.4 Å². The minimum Gasteiger partial charge on any atom is -0.325 e. The van der Waals surface area contributed by atoms with Gasteiger partial charge in [-0.15, -0.1) is 0 Å². The van der Waals surface area contributed by atoms with Crippen LogP contribution in [-0.2, 0) is 13.1 Å². The molecule has 150 valence electrons. The van der Waals surface area contributed by atoms with E-state index in [1.54, 1.807) is 29.2 Å². The summed E-state index contributed by atoms with van der Waals surface area (Å²) in [5, 5.41) is 0. The highest BCUT2D eigenvalue weighted by Crippen LogP contribution is 2.36. The molecule has 0 aliphatic heterocycles. The van der Waals surface area contributed by atoms with Crippen LogP contribution in [0.3, 0.4) is 0 Å². The third-order valence-corrected chi connectivity index (χ3v) is 5.38. The number of fused-ring (bicyclic) bond motifs is 2. The van der Waals surface area contributed by atoms with Crippen molar-refractivity contribution in [2.45, 2.75) is 51.2 Å². The summed E-state index contributed by atoms with van der Waals surface area (Å²) in [6, 6.07) is 5.77. The first-order valence-corrected chi connectivity index (χ1v) is 9.76. The molecule has 0 unspecified atom stereocenters. The van der Waals surface area contributed by atoms with Crippen LogP contribution in [0.25, 0.3) is 22.2 Å². The first-order valence-electron chi connectivity index (χ1n) is 9.76. The zero-order valence-electron chi connectivity index (χ0n) is 15.7. The molecule has 5 rings (SSSR count). The normalized spacial score (nSPS) is 14.4. The van der Waals surface area contributed by atoms with Crippen molar-refractivity contribution in [2.24, 2.45) is 0 Å². The van der Waals surface area contributed by atoms with Gasteiger partial charge in [0.05, 0.1) is 29.3 Å². The van der Waals surface area contributed by atoms with E-state index in [0.717, 1.165) is 29.4 Å². The van der Waals surface area contributed by atoms with E-state index < -0.39 is 6.43 Å². The number of nitrogens with zero attached hydrogens (tertiary/aromatic N) is 6. The lowest BCUT2D eigenvalue weighted by Crippen LogP contribution is -2.25. The van der Waals surface area contributed by atoms with Crippen molar-refractivity contribution in [3.05, 3.63) is 53.1 Å². The molecular weight excluding hydrogens is 378 g/mol. The molecule has 0 radical (unpaired) electrons. The van der Waals surface area contributed by atoms with Crippen molar-refractivity contribution in [1.82, 2.24) is 28.7 Å². The van der Waals surface area contributed by atoms with Gasteiger partial charge in [-0.05, 0) is 37.5 Å². The summed E-state index contributed by atoms with van der Waals surface area (Å²) in [6.45, 7) is 0.641. The summed E-state index contributed by atoms with van der Waals surface area (Å²) in [5.74, 6) is 0.633. The summed E-state index contributed by atoms with van der Waals surface area (Å²) in [4.78, 5) is 26.2. The van der Waals surface area contributed by atoms with E-state index in [1.807, 2.05) is 21.3 Å². The average Bonchev–Trinajstić information content (AvgIpc) is 3.43. The van der Waals surface area contributed by atoms with Crippen LogP contribution in [0.2, 0.25) is 0 Å². The maximum Gasteiger partial charge on any atom is 0.329 e. The number of pyridine rings is 2. The predicted molar refractivity (Wildman–Crippen MR) is 104 cm³/mol. The Hall–Kier alpha value is -3.10. The quantitative estimate of drug-likeness (QED) is 0.479. The highest BCUT2D eigenvalue weighted by atomic mass is 19.3. The zero-order valence-corrected chi connectivity index (χ0v) is 15.7. The largest absolute Gasteiger partial charge is 0.329 e. The van der Waals surface area contributed by atoms with Gasteiger partial charge in [0.1, 0.15) is 5.82 Å². The molecule has 1 aliphatic carbocycles. The lowest BCUT2D eigenvalue weighted by Gasteiger charge is -2.09. The first kappa shape index (κ1) is 18.0. The summed E-state index contributed by atoms with van der Waals surface area (Å²) in [7, 11) is 0. The van der Waals surface area contributed by atoms with E-state index in [4.69, 9.17) is 0 Å². The van der Waals surface area contributed by atoms with Crippen LogP contribution < -0.4 is 5.69 Å². The molecule has 9 heteroatoms. The second-order valence-corrected chi connectivity index (χ2v) is 7.39. The number of aryl methyl sites for hydroxylation is 1. The van der Waals surface area contributed by atoms with Crippen molar-refractivity contribution in [2.75, 3.05) is 0 Å². The monoisotopic (exact) mass is 398 g/mol. The summed E-state index contributed by atoms with van der Waals surface area (Å²) in [6.07, 6.45) is 4.84. The molecule has 0 spiro atoms. The third-order valence-electron chi connectivity index (χ3n) is 5.38. The molecule has 7 nitrogen and oxygen atoms in total. The fourth-order valence-electron chi connectivity index (χ4n) is 3.89. The van der Waals surface area contributed by atoms with Crippen LogP contribution in [0.5, 0.6) is 0 Å². The Morgan fingerprint density at radius 2 is 1.97 bits per heavy atom. The number of imidazole rings is 2. The van der Waals surface area contributed by atoms with E-state index in [1.165, 1.54) is 0 Å². The molecule has 29 heavy (non-hydrogen) atoms. The first-order chi connectivity index (χ1) is 14.1. The van der Waals surface area contributed by atoms with Crippen LogP contribution in [0.15, 0.2) is 41.6 Å². The van der Waals surface area contributed by atoms with Crippen LogP contribution in [0.4, 0.5) is 8.78 Å². The van der Waals surface area contributed by atoms with Gasteiger partial charge in [-0.2, -0.15) is 0 Å². The Morgan fingerprint density at radius 1 is 1.10 bits per heavy atom. The van der Waals surface area contributed by atoms with Crippen LogP contribution >= 0.6 is 0 Å². The highest BCUT2D eigenvalue weighted by molar-refractivity contribution is 5.75. The van der Waals surface area contributed by atoms with Crippen molar-refractivity contribution >= 4 is 22.2 Å². The van der Waals surface area contributed by atoms with Crippen LogP contribution in [0, 0.1) is 0 Å². The number of hydrogen-bond donors (Lipinski definition) is 0. The molecule has 4 heterocycles. The van der Waals surface area contributed by atoms with Gasteiger partial charge in [-0.3, -0.25) is 14.1 Å². The van der Waals surface area contributed by atoms with Crippen molar-refractivity contribution < 1.29 is 8.78 Å². The number of aromatic nitrogens is 6. The van der Waals surface area contributed by atoms with Crippen molar-refractivity contribution in [1.29, 1.82) is 0 Å². The SMILES string of the molecule is O=c1n(Cc2nc3ncccc3n2CCCC(F)F)c2cnccc2n1C1CC1. The van der Waals surface area contributed by atoms with E-state index >= 15 is 0 Å². The fourth-order valence-corrected chi connectivity index (χ4v) is 3.89. The molecule has 1 aliphatic rings. The Balaban J connectivity index is 1.59. The smallest absolute Gasteiger partial charge is 0.325 e. The van der Waals surface area contributed by atoms with E-state index in [-0.39, 0.29) is 24.7 Å². The maximum absolute atomic E-state index is 13.2. The van der Waals surface area contributed by atoms with Gasteiger partial charge >= 0.3 is 5.69 Å². The standard InChI is InChI=1S/C20H20F2N6O/c21-17(22)4-2-10-26-15-3-1-8-24-19(15)25-18(26)12-27-16-11-23-9-7-14(16)28(20(27)29)13-5-6-13/h1,3,7-9,11,13,17H,2,4-6,10,12H2. The fraction of sp³-hybridized carbons (Fsp3) is 0.400. The van der Waals surface area contributed by atoms with Crippen LogP contribution in [-0.4, -0.2) is 35.1 Å². The highest BCUT2D eigenvalue weighted by Gasteiger charge is 2.29. The average molecular weight is 398 g/mol. The minimum absolute atomic E-state index is 0.0883. The van der Waals surface area contributed by atoms with Gasteiger partial charge in [-0.25, -0.2) is 23.5 Å². The second kappa shape index (κ2) is 7.06. The molecule has 4 aromatic rings. The molecule has 0 amide bonds. The Labute approximate surface area is 164 Å².